The lowest BCUT2D eigenvalue weighted by Gasteiger charge is -2.34. The van der Waals surface area contributed by atoms with Crippen LogP contribution in [0, 0.1) is 0 Å². The first-order valence-electron chi connectivity index (χ1n) is 9.18. The van der Waals surface area contributed by atoms with Gasteiger partial charge >= 0.3 is 0 Å². The summed E-state index contributed by atoms with van der Waals surface area (Å²) in [6, 6.07) is 9.51. The van der Waals surface area contributed by atoms with Gasteiger partial charge in [0.25, 0.3) is 11.8 Å². The highest BCUT2D eigenvalue weighted by Gasteiger charge is 2.32. The maximum absolute atomic E-state index is 13.0. The number of aromatic nitrogens is 1. The van der Waals surface area contributed by atoms with Crippen LogP contribution < -0.4 is 10.1 Å². The second-order valence-corrected chi connectivity index (χ2v) is 8.76. The molecule has 2 aromatic rings. The van der Waals surface area contributed by atoms with E-state index < -0.39 is 16.1 Å². The van der Waals surface area contributed by atoms with E-state index in [2.05, 4.69) is 10.3 Å². The van der Waals surface area contributed by atoms with Gasteiger partial charge in [0.15, 0.2) is 6.10 Å². The highest BCUT2D eigenvalue weighted by atomic mass is 32.2. The third-order valence-electron chi connectivity index (χ3n) is 4.93. The Morgan fingerprint density at radius 2 is 1.93 bits per heavy atom. The Morgan fingerprint density at radius 1 is 1.17 bits per heavy atom. The van der Waals surface area contributed by atoms with Crippen molar-refractivity contribution >= 4 is 27.5 Å². The lowest BCUT2D eigenvalue weighted by molar-refractivity contribution is -0.122. The van der Waals surface area contributed by atoms with E-state index >= 15 is 0 Å². The summed E-state index contributed by atoms with van der Waals surface area (Å²) in [6.45, 7) is 2.53. The fourth-order valence-electron chi connectivity index (χ4n) is 3.28. The Morgan fingerprint density at radius 3 is 2.62 bits per heavy atom. The minimum atomic E-state index is -3.77. The second kappa shape index (κ2) is 7.45. The molecule has 2 aliphatic rings. The van der Waals surface area contributed by atoms with Gasteiger partial charge in [-0.3, -0.25) is 14.6 Å². The second-order valence-electron chi connectivity index (χ2n) is 6.82. The van der Waals surface area contributed by atoms with E-state index in [1.54, 1.807) is 42.3 Å². The molecule has 0 spiro atoms. The van der Waals surface area contributed by atoms with Gasteiger partial charge in [-0.2, -0.15) is 4.31 Å². The predicted octanol–water partition coefficient (Wildman–Crippen LogP) is 0.948. The molecule has 1 N–H and O–H groups in total. The summed E-state index contributed by atoms with van der Waals surface area (Å²) in [6.07, 6.45) is 0.919. The molecule has 29 heavy (non-hydrogen) atoms. The van der Waals surface area contributed by atoms with Crippen molar-refractivity contribution in [3.8, 4) is 5.75 Å². The zero-order valence-electron chi connectivity index (χ0n) is 15.7. The summed E-state index contributed by atoms with van der Waals surface area (Å²) < 4.78 is 32.9. The maximum atomic E-state index is 13.0. The van der Waals surface area contributed by atoms with Crippen molar-refractivity contribution < 1.29 is 22.7 Å². The van der Waals surface area contributed by atoms with Gasteiger partial charge in [0, 0.05) is 32.4 Å². The average molecular weight is 416 g/mol. The van der Waals surface area contributed by atoms with Gasteiger partial charge < -0.3 is 15.0 Å². The number of sulfonamides is 1. The fraction of sp³-hybridized carbons (Fsp3) is 0.316. The highest BCUT2D eigenvalue weighted by Crippen LogP contribution is 2.32. The third-order valence-corrected chi connectivity index (χ3v) is 6.82. The molecule has 1 fully saturated rings. The number of piperazine rings is 1. The van der Waals surface area contributed by atoms with E-state index in [0.29, 0.717) is 17.1 Å². The number of benzene rings is 1. The van der Waals surface area contributed by atoms with E-state index in [9.17, 15) is 18.0 Å². The minimum absolute atomic E-state index is 0.0687. The Kier molecular flexibility index (Phi) is 4.97. The largest absolute Gasteiger partial charge is 0.479 e. The van der Waals surface area contributed by atoms with Crippen LogP contribution in [0.4, 0.5) is 5.69 Å². The number of anilines is 1. The van der Waals surface area contributed by atoms with Gasteiger partial charge in [0.05, 0.1) is 10.6 Å². The molecular weight excluding hydrogens is 396 g/mol. The zero-order valence-corrected chi connectivity index (χ0v) is 16.6. The van der Waals surface area contributed by atoms with Crippen molar-refractivity contribution in [2.75, 3.05) is 31.5 Å². The van der Waals surface area contributed by atoms with Crippen molar-refractivity contribution in [2.24, 2.45) is 0 Å². The SMILES string of the molecule is C[C@@H]1Oc2ccc(S(=O)(=O)N3CCN(C(=O)c4ccccn4)CC3)cc2NC1=O. The minimum Gasteiger partial charge on any atom is -0.479 e. The monoisotopic (exact) mass is 416 g/mol. The van der Waals surface area contributed by atoms with Crippen molar-refractivity contribution in [2.45, 2.75) is 17.9 Å². The van der Waals surface area contributed by atoms with Gasteiger partial charge in [0.2, 0.25) is 10.0 Å². The van der Waals surface area contributed by atoms with Crippen molar-refractivity contribution in [3.63, 3.8) is 0 Å². The molecule has 1 atom stereocenters. The molecule has 1 saturated heterocycles. The van der Waals surface area contributed by atoms with Crippen LogP contribution in [0.15, 0.2) is 47.5 Å². The number of rotatable bonds is 3. The summed E-state index contributed by atoms with van der Waals surface area (Å²) in [5.41, 5.74) is 0.668. The smallest absolute Gasteiger partial charge is 0.272 e. The lowest BCUT2D eigenvalue weighted by atomic mass is 10.2. The summed E-state index contributed by atoms with van der Waals surface area (Å²) >= 11 is 0. The fourth-order valence-corrected chi connectivity index (χ4v) is 4.73. The number of carbonyl (C=O) groups is 2. The molecule has 2 aliphatic heterocycles. The first kappa shape index (κ1) is 19.3. The predicted molar refractivity (Wildman–Crippen MR) is 104 cm³/mol. The molecule has 0 bridgehead atoms. The Balaban J connectivity index is 1.48. The molecule has 1 aromatic carbocycles. The highest BCUT2D eigenvalue weighted by molar-refractivity contribution is 7.89. The van der Waals surface area contributed by atoms with Crippen LogP contribution in [0.1, 0.15) is 17.4 Å². The first-order chi connectivity index (χ1) is 13.9. The number of nitrogens with one attached hydrogen (secondary N) is 1. The maximum Gasteiger partial charge on any atom is 0.272 e. The number of hydrogen-bond acceptors (Lipinski definition) is 6. The first-order valence-corrected chi connectivity index (χ1v) is 10.6. The van der Waals surface area contributed by atoms with Crippen LogP contribution in [0.25, 0.3) is 0 Å². The van der Waals surface area contributed by atoms with E-state index in [1.807, 2.05) is 0 Å². The van der Waals surface area contributed by atoms with Crippen molar-refractivity contribution in [1.82, 2.24) is 14.2 Å². The molecule has 0 radical (unpaired) electrons. The van der Waals surface area contributed by atoms with Crippen LogP contribution in [-0.4, -0.2) is 66.7 Å². The molecule has 2 amide bonds. The van der Waals surface area contributed by atoms with Crippen LogP contribution in [-0.2, 0) is 14.8 Å². The number of nitrogens with zero attached hydrogens (tertiary/aromatic N) is 3. The topological polar surface area (TPSA) is 109 Å². The summed E-state index contributed by atoms with van der Waals surface area (Å²) in [4.78, 5) is 30.0. The molecule has 152 valence electrons. The normalized spacial score (nSPS) is 19.8. The Bertz CT molecular complexity index is 1050. The van der Waals surface area contributed by atoms with Crippen LogP contribution in [0.5, 0.6) is 5.75 Å². The molecule has 9 nitrogen and oxygen atoms in total. The van der Waals surface area contributed by atoms with Crippen LogP contribution >= 0.6 is 0 Å². The van der Waals surface area contributed by atoms with E-state index in [1.165, 1.54) is 16.4 Å². The zero-order chi connectivity index (χ0) is 20.6. The van der Waals surface area contributed by atoms with Crippen molar-refractivity contribution in [3.05, 3.63) is 48.3 Å². The average Bonchev–Trinajstić information content (AvgIpc) is 2.74. The number of amides is 2. The number of hydrogen-bond donors (Lipinski definition) is 1. The molecule has 0 unspecified atom stereocenters. The van der Waals surface area contributed by atoms with Crippen molar-refractivity contribution in [1.29, 1.82) is 0 Å². The molecule has 3 heterocycles. The molecule has 10 heteroatoms. The van der Waals surface area contributed by atoms with Crippen LogP contribution in [0.3, 0.4) is 0 Å². The van der Waals surface area contributed by atoms with Gasteiger partial charge in [-0.05, 0) is 37.3 Å². The van der Waals surface area contributed by atoms with E-state index in [-0.39, 0.29) is 42.9 Å². The van der Waals surface area contributed by atoms with E-state index in [4.69, 9.17) is 4.74 Å². The summed E-state index contributed by atoms with van der Waals surface area (Å²) in [5, 5.41) is 2.66. The van der Waals surface area contributed by atoms with Gasteiger partial charge in [-0.15, -0.1) is 0 Å². The molecule has 1 aromatic heterocycles. The summed E-state index contributed by atoms with van der Waals surface area (Å²) in [5.74, 6) is -0.110. The van der Waals surface area contributed by atoms with E-state index in [0.717, 1.165) is 0 Å². The number of pyridine rings is 1. The third kappa shape index (κ3) is 3.68. The molecular formula is C19H20N4O5S. The van der Waals surface area contributed by atoms with Crippen LogP contribution in [0.2, 0.25) is 0 Å². The van der Waals surface area contributed by atoms with Gasteiger partial charge in [0.1, 0.15) is 11.4 Å². The number of fused-ring (bicyclic) bond motifs is 1. The Hall–Kier alpha value is -2.98. The Labute approximate surface area is 168 Å². The standard InChI is InChI=1S/C19H20N4O5S/c1-13-18(24)21-16-12-14(5-6-17(16)28-13)29(26,27)23-10-8-22(9-11-23)19(25)15-4-2-3-7-20-15/h2-7,12-13H,8-11H2,1H3,(H,21,24)/t13-/m0/s1. The molecule has 0 saturated carbocycles. The number of ether oxygens (including phenoxy) is 1. The summed E-state index contributed by atoms with van der Waals surface area (Å²) in [7, 11) is -3.77. The lowest BCUT2D eigenvalue weighted by Crippen LogP contribution is -2.50. The molecule has 4 rings (SSSR count). The van der Waals surface area contributed by atoms with Gasteiger partial charge in [-0.25, -0.2) is 8.42 Å². The number of carbonyl (C=O) groups excluding carboxylic acids is 2. The quantitative estimate of drug-likeness (QED) is 0.798. The molecule has 0 aliphatic carbocycles. The van der Waals surface area contributed by atoms with Gasteiger partial charge in [-0.1, -0.05) is 6.07 Å².